The van der Waals surface area contributed by atoms with E-state index in [0.29, 0.717) is 22.2 Å². The zero-order chi connectivity index (χ0) is 18.4. The van der Waals surface area contributed by atoms with E-state index in [1.165, 1.54) is 7.11 Å². The highest BCUT2D eigenvalue weighted by molar-refractivity contribution is 7.99. The molecule has 1 N–H and O–H groups in total. The van der Waals surface area contributed by atoms with Crippen LogP contribution in [0, 0.1) is 0 Å². The van der Waals surface area contributed by atoms with Gasteiger partial charge in [-0.15, -0.1) is 0 Å². The van der Waals surface area contributed by atoms with E-state index in [2.05, 4.69) is 10.3 Å². The third kappa shape index (κ3) is 4.76. The number of fused-ring (bicyclic) bond motifs is 1. The molecule has 0 spiro atoms. The van der Waals surface area contributed by atoms with Gasteiger partial charge in [0.2, 0.25) is 0 Å². The van der Waals surface area contributed by atoms with E-state index < -0.39 is 11.9 Å². The first-order valence-electron chi connectivity index (χ1n) is 7.72. The highest BCUT2D eigenvalue weighted by Crippen LogP contribution is 2.23. The van der Waals surface area contributed by atoms with Crippen LogP contribution in [-0.4, -0.2) is 36.3 Å². The van der Waals surface area contributed by atoms with Crippen LogP contribution in [-0.2, 0) is 14.3 Å². The number of nitrogens with one attached hydrogen (secondary N) is 1. The van der Waals surface area contributed by atoms with Gasteiger partial charge in [-0.3, -0.25) is 9.59 Å². The Morgan fingerprint density at radius 1 is 1.19 bits per heavy atom. The number of ether oxygens (including phenoxy) is 2. The second-order valence-electron chi connectivity index (χ2n) is 5.18. The number of nitrogens with zero attached hydrogens (tertiary/aromatic N) is 1. The normalized spacial score (nSPS) is 10.5. The summed E-state index contributed by atoms with van der Waals surface area (Å²) in [5.74, 6) is -0.342. The Morgan fingerprint density at radius 2 is 2.04 bits per heavy atom. The number of carbonyl (C=O) groups excluding carboxylic acids is 2. The van der Waals surface area contributed by atoms with Crippen molar-refractivity contribution in [3.63, 3.8) is 0 Å². The van der Waals surface area contributed by atoms with Crippen LogP contribution in [0.2, 0.25) is 0 Å². The number of rotatable bonds is 7. The van der Waals surface area contributed by atoms with E-state index in [1.54, 1.807) is 30.3 Å². The number of aromatic nitrogens is 1. The number of esters is 1. The van der Waals surface area contributed by atoms with Gasteiger partial charge in [0.05, 0.1) is 7.11 Å². The van der Waals surface area contributed by atoms with Crippen LogP contribution in [0.3, 0.4) is 0 Å². The molecule has 8 heteroatoms. The molecule has 0 fully saturated rings. The van der Waals surface area contributed by atoms with Gasteiger partial charge in [-0.05, 0) is 24.3 Å². The standard InChI is InChI=1S/C18H16N2O5S/c1-23-13-6-4-5-12(9-13)19-16(21)10-24-17(22)11-26-18-20-14-7-2-3-8-15(14)25-18/h2-9H,10-11H2,1H3,(H,19,21). The fourth-order valence-electron chi connectivity index (χ4n) is 2.12. The number of oxazole rings is 1. The van der Waals surface area contributed by atoms with Crippen molar-refractivity contribution < 1.29 is 23.5 Å². The number of benzene rings is 2. The van der Waals surface area contributed by atoms with Gasteiger partial charge in [0.1, 0.15) is 17.0 Å². The quantitative estimate of drug-likeness (QED) is 0.503. The van der Waals surface area contributed by atoms with E-state index >= 15 is 0 Å². The first kappa shape index (κ1) is 17.8. The van der Waals surface area contributed by atoms with Crippen LogP contribution in [0.4, 0.5) is 5.69 Å². The number of amides is 1. The van der Waals surface area contributed by atoms with Crippen LogP contribution in [0.5, 0.6) is 5.75 Å². The molecule has 1 amide bonds. The molecule has 0 unspecified atom stereocenters. The number of thioether (sulfide) groups is 1. The summed E-state index contributed by atoms with van der Waals surface area (Å²) in [5, 5.41) is 3.01. The van der Waals surface area contributed by atoms with Gasteiger partial charge < -0.3 is 19.2 Å². The summed E-state index contributed by atoms with van der Waals surface area (Å²) in [6.07, 6.45) is 0. The molecule has 3 rings (SSSR count). The van der Waals surface area contributed by atoms with Crippen LogP contribution in [0.1, 0.15) is 0 Å². The zero-order valence-electron chi connectivity index (χ0n) is 13.9. The molecular formula is C18H16N2O5S. The summed E-state index contributed by atoms with van der Waals surface area (Å²) < 4.78 is 15.5. The lowest BCUT2D eigenvalue weighted by Gasteiger charge is -2.07. The summed E-state index contributed by atoms with van der Waals surface area (Å²) in [5.41, 5.74) is 1.94. The van der Waals surface area contributed by atoms with Crippen molar-refractivity contribution in [2.75, 3.05) is 24.8 Å². The number of para-hydroxylation sites is 2. The number of carbonyl (C=O) groups is 2. The maximum Gasteiger partial charge on any atom is 0.316 e. The van der Waals surface area contributed by atoms with Crippen molar-refractivity contribution in [1.82, 2.24) is 4.98 Å². The fraction of sp³-hybridized carbons (Fsp3) is 0.167. The van der Waals surface area contributed by atoms with Crippen LogP contribution < -0.4 is 10.1 Å². The van der Waals surface area contributed by atoms with Crippen molar-refractivity contribution in [2.45, 2.75) is 5.22 Å². The monoisotopic (exact) mass is 372 g/mol. The molecule has 3 aromatic rings. The molecule has 0 aliphatic rings. The van der Waals surface area contributed by atoms with Gasteiger partial charge in [0.25, 0.3) is 11.1 Å². The van der Waals surface area contributed by atoms with Gasteiger partial charge in [-0.2, -0.15) is 0 Å². The SMILES string of the molecule is COc1cccc(NC(=O)COC(=O)CSc2nc3ccccc3o2)c1. The van der Waals surface area contributed by atoms with Crippen molar-refractivity contribution in [3.8, 4) is 5.75 Å². The molecule has 0 aliphatic heterocycles. The number of hydrogen-bond donors (Lipinski definition) is 1. The summed E-state index contributed by atoms with van der Waals surface area (Å²) in [6.45, 7) is -0.371. The Kier molecular flexibility index (Phi) is 5.75. The Morgan fingerprint density at radius 3 is 2.85 bits per heavy atom. The predicted molar refractivity (Wildman–Crippen MR) is 97.3 cm³/mol. The zero-order valence-corrected chi connectivity index (χ0v) is 14.7. The van der Waals surface area contributed by atoms with E-state index in [-0.39, 0.29) is 12.4 Å². The largest absolute Gasteiger partial charge is 0.497 e. The van der Waals surface area contributed by atoms with Crippen molar-refractivity contribution >= 4 is 40.4 Å². The van der Waals surface area contributed by atoms with Gasteiger partial charge in [-0.1, -0.05) is 30.0 Å². The lowest BCUT2D eigenvalue weighted by atomic mass is 10.3. The lowest BCUT2D eigenvalue weighted by Crippen LogP contribution is -2.21. The second kappa shape index (κ2) is 8.39. The van der Waals surface area contributed by atoms with E-state index in [1.807, 2.05) is 18.2 Å². The Balaban J connectivity index is 1.43. The van der Waals surface area contributed by atoms with Gasteiger partial charge in [0.15, 0.2) is 12.2 Å². The van der Waals surface area contributed by atoms with Gasteiger partial charge in [-0.25, -0.2) is 4.98 Å². The van der Waals surface area contributed by atoms with Crippen molar-refractivity contribution in [1.29, 1.82) is 0 Å². The minimum Gasteiger partial charge on any atom is -0.497 e. The Labute approximate surface area is 153 Å². The Hall–Kier alpha value is -3.00. The molecule has 134 valence electrons. The summed E-state index contributed by atoms with van der Waals surface area (Å²) in [7, 11) is 1.54. The molecule has 0 bridgehead atoms. The molecular weight excluding hydrogens is 356 g/mol. The minimum atomic E-state index is -0.530. The summed E-state index contributed by atoms with van der Waals surface area (Å²) in [6, 6.07) is 14.2. The molecule has 0 radical (unpaired) electrons. The van der Waals surface area contributed by atoms with E-state index in [4.69, 9.17) is 13.9 Å². The Bertz CT molecular complexity index is 892. The highest BCUT2D eigenvalue weighted by atomic mass is 32.2. The van der Waals surface area contributed by atoms with Gasteiger partial charge >= 0.3 is 5.97 Å². The molecule has 26 heavy (non-hydrogen) atoms. The van der Waals surface area contributed by atoms with Crippen molar-refractivity contribution in [2.24, 2.45) is 0 Å². The number of hydrogen-bond acceptors (Lipinski definition) is 7. The summed E-state index contributed by atoms with van der Waals surface area (Å²) >= 11 is 1.11. The molecule has 2 aromatic carbocycles. The molecule has 0 atom stereocenters. The first-order valence-corrected chi connectivity index (χ1v) is 8.70. The maximum atomic E-state index is 11.8. The average Bonchev–Trinajstić information content (AvgIpc) is 3.08. The molecule has 7 nitrogen and oxygen atoms in total. The van der Waals surface area contributed by atoms with Crippen LogP contribution >= 0.6 is 11.8 Å². The maximum absolute atomic E-state index is 11.8. The molecule has 0 saturated carbocycles. The molecule has 0 saturated heterocycles. The minimum absolute atomic E-state index is 0.000732. The third-order valence-corrected chi connectivity index (χ3v) is 4.11. The lowest BCUT2D eigenvalue weighted by molar-refractivity contribution is -0.144. The van der Waals surface area contributed by atoms with E-state index in [9.17, 15) is 9.59 Å². The van der Waals surface area contributed by atoms with E-state index in [0.717, 1.165) is 17.3 Å². The van der Waals surface area contributed by atoms with Crippen molar-refractivity contribution in [3.05, 3.63) is 48.5 Å². The predicted octanol–water partition coefficient (Wildman–Crippen LogP) is 3.11. The average molecular weight is 372 g/mol. The topological polar surface area (TPSA) is 90.7 Å². The summed E-state index contributed by atoms with van der Waals surface area (Å²) in [4.78, 5) is 27.9. The molecule has 1 aromatic heterocycles. The number of methoxy groups -OCH3 is 1. The van der Waals surface area contributed by atoms with Gasteiger partial charge in [0, 0.05) is 11.8 Å². The fourth-order valence-corrected chi connectivity index (χ4v) is 2.76. The highest BCUT2D eigenvalue weighted by Gasteiger charge is 2.12. The number of anilines is 1. The second-order valence-corrected chi connectivity index (χ2v) is 6.10. The first-order chi connectivity index (χ1) is 12.6. The molecule has 0 aliphatic carbocycles. The smallest absolute Gasteiger partial charge is 0.316 e. The van der Waals surface area contributed by atoms with Crippen LogP contribution in [0.25, 0.3) is 11.1 Å². The molecule has 1 heterocycles. The third-order valence-electron chi connectivity index (χ3n) is 3.31. The van der Waals surface area contributed by atoms with Crippen LogP contribution in [0.15, 0.2) is 58.2 Å².